The molecule has 6 nitrogen and oxygen atoms in total. The number of hydrogen-bond donors (Lipinski definition) is 2. The van der Waals surface area contributed by atoms with Gasteiger partial charge in [0.05, 0.1) is 6.42 Å². The van der Waals surface area contributed by atoms with Crippen LogP contribution in [0, 0.1) is 0 Å². The van der Waals surface area contributed by atoms with Gasteiger partial charge in [-0.3, -0.25) is 14.4 Å². The fraction of sp³-hybridized carbons (Fsp3) is 0.500. The van der Waals surface area contributed by atoms with E-state index in [0.29, 0.717) is 0 Å². The number of Topliss-reactive ketones (excluding diaryl/α,β-unsaturated/α-hetero) is 2. The maximum atomic E-state index is 10.9. The molecule has 0 atom stereocenters. The van der Waals surface area contributed by atoms with Gasteiger partial charge in [0.25, 0.3) is 0 Å². The molecule has 6 heteroatoms. The molecule has 0 spiro atoms. The molecule has 0 saturated carbocycles. The minimum Gasteiger partial charge on any atom is -0.481 e. The lowest BCUT2D eigenvalue weighted by Gasteiger charge is -1.96. The number of hydrogen-bond acceptors (Lipinski definition) is 4. The lowest BCUT2D eigenvalue weighted by atomic mass is 10.1. The van der Waals surface area contributed by atoms with Crippen LogP contribution in [0.3, 0.4) is 0 Å². The number of carboxylic acids is 2. The maximum Gasteiger partial charge on any atom is 0.372 e. The van der Waals surface area contributed by atoms with Crippen LogP contribution in [0.25, 0.3) is 0 Å². The first-order valence-corrected chi connectivity index (χ1v) is 3.93. The van der Waals surface area contributed by atoms with Crippen LogP contribution < -0.4 is 0 Å². The Morgan fingerprint density at radius 1 is 0.929 bits per heavy atom. The predicted molar refractivity (Wildman–Crippen MR) is 43.8 cm³/mol. The van der Waals surface area contributed by atoms with Crippen molar-refractivity contribution in [3.63, 3.8) is 0 Å². The summed E-state index contributed by atoms with van der Waals surface area (Å²) in [5.41, 5.74) is 0. The van der Waals surface area contributed by atoms with E-state index in [-0.39, 0.29) is 19.3 Å². The van der Waals surface area contributed by atoms with Gasteiger partial charge in [0.1, 0.15) is 5.78 Å². The van der Waals surface area contributed by atoms with Crippen LogP contribution in [0.5, 0.6) is 0 Å². The first-order valence-electron chi connectivity index (χ1n) is 3.93. The van der Waals surface area contributed by atoms with Gasteiger partial charge in [-0.2, -0.15) is 0 Å². The SMILES string of the molecule is O=C(O)CCCC(=O)CC(=O)C(=O)O. The predicted octanol–water partition coefficient (Wildman–Crippen LogP) is -0.146. The van der Waals surface area contributed by atoms with Crippen LogP contribution in [0.15, 0.2) is 0 Å². The number of ketones is 2. The highest BCUT2D eigenvalue weighted by atomic mass is 16.4. The molecule has 2 N–H and O–H groups in total. The number of carbonyl (C=O) groups excluding carboxylic acids is 2. The Morgan fingerprint density at radius 3 is 1.93 bits per heavy atom. The molecule has 0 aliphatic heterocycles. The third-order valence-electron chi connectivity index (χ3n) is 1.44. The summed E-state index contributed by atoms with van der Waals surface area (Å²) in [5, 5.41) is 16.4. The molecule has 0 aromatic carbocycles. The molecule has 14 heavy (non-hydrogen) atoms. The Balaban J connectivity index is 3.71. The molecule has 78 valence electrons. The fourth-order valence-electron chi connectivity index (χ4n) is 0.780. The second-order valence-corrected chi connectivity index (χ2v) is 2.69. The minimum atomic E-state index is -1.64. The maximum absolute atomic E-state index is 10.9. The van der Waals surface area contributed by atoms with E-state index >= 15 is 0 Å². The molecule has 0 heterocycles. The summed E-state index contributed by atoms with van der Waals surface area (Å²) >= 11 is 0. The number of rotatable bonds is 7. The Morgan fingerprint density at radius 2 is 1.50 bits per heavy atom. The monoisotopic (exact) mass is 202 g/mol. The third-order valence-corrected chi connectivity index (χ3v) is 1.44. The van der Waals surface area contributed by atoms with Gasteiger partial charge in [-0.1, -0.05) is 0 Å². The molecule has 0 bridgehead atoms. The summed E-state index contributed by atoms with van der Waals surface area (Å²) in [5.74, 6) is -4.37. The van der Waals surface area contributed by atoms with Crippen LogP contribution in [-0.2, 0) is 19.2 Å². The summed E-state index contributed by atoms with van der Waals surface area (Å²) < 4.78 is 0. The minimum absolute atomic E-state index is 0.0781. The van der Waals surface area contributed by atoms with E-state index in [1.165, 1.54) is 0 Å². The van der Waals surface area contributed by atoms with Crippen molar-refractivity contribution >= 4 is 23.5 Å². The molecule has 0 saturated heterocycles. The van der Waals surface area contributed by atoms with Crippen LogP contribution >= 0.6 is 0 Å². The Labute approximate surface area is 79.5 Å². The molecule has 0 unspecified atom stereocenters. The molecule has 0 aromatic rings. The van der Waals surface area contributed by atoms with Crippen LogP contribution in [0.1, 0.15) is 25.7 Å². The quantitative estimate of drug-likeness (QED) is 0.439. The lowest BCUT2D eigenvalue weighted by Crippen LogP contribution is -2.17. The zero-order chi connectivity index (χ0) is 11.1. The normalized spacial score (nSPS) is 9.43. The van der Waals surface area contributed by atoms with Crippen molar-refractivity contribution in [1.29, 1.82) is 0 Å². The average molecular weight is 202 g/mol. The van der Waals surface area contributed by atoms with Gasteiger partial charge in [0.2, 0.25) is 5.78 Å². The van der Waals surface area contributed by atoms with Crippen molar-refractivity contribution in [1.82, 2.24) is 0 Å². The second-order valence-electron chi connectivity index (χ2n) is 2.69. The molecular formula is C8H10O6. The van der Waals surface area contributed by atoms with Gasteiger partial charge in [0, 0.05) is 12.8 Å². The largest absolute Gasteiger partial charge is 0.481 e. The summed E-state index contributed by atoms with van der Waals surface area (Å²) in [7, 11) is 0. The van der Waals surface area contributed by atoms with E-state index in [9.17, 15) is 19.2 Å². The van der Waals surface area contributed by atoms with Gasteiger partial charge in [-0.15, -0.1) is 0 Å². The molecule has 0 aliphatic rings. The lowest BCUT2D eigenvalue weighted by molar-refractivity contribution is -0.150. The van der Waals surface area contributed by atoms with Crippen molar-refractivity contribution < 1.29 is 29.4 Å². The van der Waals surface area contributed by atoms with E-state index in [0.717, 1.165) is 0 Å². The Hall–Kier alpha value is -1.72. The second kappa shape index (κ2) is 5.85. The smallest absolute Gasteiger partial charge is 0.372 e. The highest BCUT2D eigenvalue weighted by Crippen LogP contribution is 2.00. The van der Waals surface area contributed by atoms with Crippen molar-refractivity contribution in [3.8, 4) is 0 Å². The molecule has 0 aromatic heterocycles. The molecule has 0 radical (unpaired) electrons. The highest BCUT2D eigenvalue weighted by Gasteiger charge is 2.16. The van der Waals surface area contributed by atoms with E-state index in [4.69, 9.17) is 10.2 Å². The number of carboxylic acid groups (broad SMARTS) is 2. The highest BCUT2D eigenvalue weighted by molar-refractivity contribution is 6.36. The van der Waals surface area contributed by atoms with Crippen LogP contribution in [0.4, 0.5) is 0 Å². The molecule has 0 amide bonds. The van der Waals surface area contributed by atoms with Crippen molar-refractivity contribution in [2.45, 2.75) is 25.7 Å². The van der Waals surface area contributed by atoms with E-state index in [1.54, 1.807) is 0 Å². The van der Waals surface area contributed by atoms with Gasteiger partial charge in [-0.05, 0) is 6.42 Å². The standard InChI is InChI=1S/C8H10O6/c9-5(2-1-3-7(11)12)4-6(10)8(13)14/h1-4H2,(H,11,12)(H,13,14). The number of aliphatic carboxylic acids is 2. The van der Waals surface area contributed by atoms with Crippen molar-refractivity contribution in [2.75, 3.05) is 0 Å². The first-order chi connectivity index (χ1) is 6.43. The Kier molecular flexibility index (Phi) is 5.13. The molecule has 0 rings (SSSR count). The molecule has 0 aliphatic carbocycles. The van der Waals surface area contributed by atoms with Gasteiger partial charge in [0.15, 0.2) is 0 Å². The zero-order valence-corrected chi connectivity index (χ0v) is 7.36. The summed E-state index contributed by atoms with van der Waals surface area (Å²) in [6.07, 6.45) is -0.770. The summed E-state index contributed by atoms with van der Waals surface area (Å²) in [4.78, 5) is 41.4. The average Bonchev–Trinajstić information content (AvgIpc) is 2.02. The Bertz CT molecular complexity index is 267. The fourth-order valence-corrected chi connectivity index (χ4v) is 0.780. The van der Waals surface area contributed by atoms with E-state index < -0.39 is 29.9 Å². The van der Waals surface area contributed by atoms with E-state index in [2.05, 4.69) is 0 Å². The van der Waals surface area contributed by atoms with Crippen LogP contribution in [0.2, 0.25) is 0 Å². The van der Waals surface area contributed by atoms with Gasteiger partial charge in [-0.25, -0.2) is 4.79 Å². The van der Waals surface area contributed by atoms with Crippen molar-refractivity contribution in [3.05, 3.63) is 0 Å². The topological polar surface area (TPSA) is 109 Å². The number of carbonyl (C=O) groups is 4. The molecular weight excluding hydrogens is 192 g/mol. The van der Waals surface area contributed by atoms with Gasteiger partial charge >= 0.3 is 11.9 Å². The van der Waals surface area contributed by atoms with Crippen LogP contribution in [-0.4, -0.2) is 33.7 Å². The zero-order valence-electron chi connectivity index (χ0n) is 7.36. The molecule has 0 fully saturated rings. The summed E-state index contributed by atoms with van der Waals surface area (Å²) in [6, 6.07) is 0. The summed E-state index contributed by atoms with van der Waals surface area (Å²) in [6.45, 7) is 0. The third kappa shape index (κ3) is 5.87. The van der Waals surface area contributed by atoms with E-state index in [1.807, 2.05) is 0 Å². The van der Waals surface area contributed by atoms with Crippen molar-refractivity contribution in [2.24, 2.45) is 0 Å². The van der Waals surface area contributed by atoms with Gasteiger partial charge < -0.3 is 10.2 Å². The first kappa shape index (κ1) is 12.3.